The van der Waals surface area contributed by atoms with Gasteiger partial charge in [-0.15, -0.1) is 0 Å². The van der Waals surface area contributed by atoms with Crippen LogP contribution in [0.4, 0.5) is 0 Å². The third kappa shape index (κ3) is 7.34. The van der Waals surface area contributed by atoms with Gasteiger partial charge in [0.2, 0.25) is 0 Å². The lowest BCUT2D eigenvalue weighted by Crippen LogP contribution is -2.27. The standard InChI is InChI=1S/C66H40N10/c1-5-19-39(20-6-1)59-67-53-31-17-15-29-49(53)57(69-59)65-73-61(41-23-9-3-10-24-41)71-63(75-65)43-33-35-47-51(37-43)55-45-27-13-14-28-46(45)56(47)52-38-44(34-36-48(52)55)64-72-62(42-25-11-4-12-26-42)74-66(76-64)58-50-30-16-18-32-54(50)68-60(70-58)40-21-7-2-8-22-40/h1-38,55-56H. The first-order chi connectivity index (χ1) is 37.6. The zero-order valence-corrected chi connectivity index (χ0v) is 40.6. The first kappa shape index (κ1) is 43.3. The van der Waals surface area contributed by atoms with Crippen LogP contribution in [0.3, 0.4) is 0 Å². The molecular weight excluding hydrogens is 933 g/mol. The molecule has 0 saturated heterocycles. The van der Waals surface area contributed by atoms with E-state index in [9.17, 15) is 0 Å². The number of aromatic nitrogens is 10. The second-order valence-corrected chi connectivity index (χ2v) is 19.1. The number of hydrogen-bond donors (Lipinski definition) is 0. The van der Waals surface area contributed by atoms with Gasteiger partial charge in [-0.3, -0.25) is 0 Å². The third-order valence-electron chi connectivity index (χ3n) is 14.6. The average molecular weight is 973 g/mol. The molecule has 16 rings (SSSR count). The number of nitrogens with zero attached hydrogens (tertiary/aromatic N) is 10. The zero-order chi connectivity index (χ0) is 50.1. The molecule has 2 unspecified atom stereocenters. The van der Waals surface area contributed by atoms with Gasteiger partial charge < -0.3 is 0 Å². The van der Waals surface area contributed by atoms with Crippen molar-refractivity contribution in [3.8, 4) is 91.4 Å². The van der Waals surface area contributed by atoms with E-state index >= 15 is 0 Å². The monoisotopic (exact) mass is 972 g/mol. The summed E-state index contributed by atoms with van der Waals surface area (Å²) in [6, 6.07) is 78.6. The molecule has 0 fully saturated rings. The molecule has 10 nitrogen and oxygen atoms in total. The number of hydrogen-bond acceptors (Lipinski definition) is 10. The first-order valence-electron chi connectivity index (χ1n) is 25.3. The SMILES string of the molecule is c1ccc(-c2nc(-c3ccc4c(c3)C3c5ccccc5C4c4cc(-c5nc(-c6ccccc6)nc(-c6nc(-c7ccccc7)nc7ccccc67)n5)ccc43)nc(-c3nc(-c4ccccc4)nc4ccccc34)n2)cc1. The lowest BCUT2D eigenvalue weighted by molar-refractivity contribution is 0.754. The lowest BCUT2D eigenvalue weighted by atomic mass is 9.61. The molecule has 0 aliphatic heterocycles. The van der Waals surface area contributed by atoms with Gasteiger partial charge in [-0.25, -0.2) is 49.8 Å². The Bertz CT molecular complexity index is 4140. The van der Waals surface area contributed by atoms with Crippen molar-refractivity contribution >= 4 is 21.8 Å². The number of fused-ring (bicyclic) bond motifs is 2. The molecule has 4 aromatic heterocycles. The molecule has 0 amide bonds. The van der Waals surface area contributed by atoms with E-state index < -0.39 is 0 Å². The van der Waals surface area contributed by atoms with Crippen molar-refractivity contribution in [3.63, 3.8) is 0 Å². The van der Waals surface area contributed by atoms with E-state index in [4.69, 9.17) is 49.8 Å². The fourth-order valence-electron chi connectivity index (χ4n) is 11.1. The molecule has 0 saturated carbocycles. The molecule has 4 heterocycles. The van der Waals surface area contributed by atoms with Crippen LogP contribution in [0.1, 0.15) is 45.2 Å². The highest BCUT2D eigenvalue weighted by molar-refractivity contribution is 5.94. The molecular formula is C66H40N10. The summed E-state index contributed by atoms with van der Waals surface area (Å²) in [5.74, 6) is 4.31. The largest absolute Gasteiger partial charge is 0.228 e. The summed E-state index contributed by atoms with van der Waals surface area (Å²) in [5, 5.41) is 1.72. The van der Waals surface area contributed by atoms with Crippen LogP contribution in [-0.4, -0.2) is 49.8 Å². The van der Waals surface area contributed by atoms with Crippen molar-refractivity contribution in [2.45, 2.75) is 11.8 Å². The predicted molar refractivity (Wildman–Crippen MR) is 298 cm³/mol. The molecule has 10 heteroatoms. The Hall–Kier alpha value is -10.3. The third-order valence-corrected chi connectivity index (χ3v) is 14.6. The molecule has 2 atom stereocenters. The minimum absolute atomic E-state index is 0.0491. The van der Waals surface area contributed by atoms with Gasteiger partial charge in [-0.1, -0.05) is 206 Å². The van der Waals surface area contributed by atoms with Gasteiger partial charge in [-0.05, 0) is 57.6 Å². The fourth-order valence-corrected chi connectivity index (χ4v) is 11.1. The summed E-state index contributed by atoms with van der Waals surface area (Å²) in [4.78, 5) is 51.6. The maximum Gasteiger partial charge on any atom is 0.183 e. The Morgan fingerprint density at radius 2 is 0.487 bits per heavy atom. The zero-order valence-electron chi connectivity index (χ0n) is 40.6. The molecule has 354 valence electrons. The number of benzene rings is 9. The Kier molecular flexibility index (Phi) is 10.1. The summed E-state index contributed by atoms with van der Waals surface area (Å²) in [6.45, 7) is 0. The molecule has 0 radical (unpaired) electrons. The van der Waals surface area contributed by atoms with Gasteiger partial charge in [0.05, 0.1) is 11.0 Å². The normalized spacial score (nSPS) is 14.1. The number of rotatable bonds is 8. The topological polar surface area (TPSA) is 129 Å². The van der Waals surface area contributed by atoms with Crippen molar-refractivity contribution in [1.29, 1.82) is 0 Å². The minimum atomic E-state index is -0.0491. The van der Waals surface area contributed by atoms with E-state index in [1.165, 1.54) is 33.4 Å². The van der Waals surface area contributed by atoms with Crippen LogP contribution in [0, 0.1) is 0 Å². The van der Waals surface area contributed by atoms with Crippen LogP contribution in [-0.2, 0) is 0 Å². The first-order valence-corrected chi connectivity index (χ1v) is 25.3. The van der Waals surface area contributed by atoms with E-state index in [-0.39, 0.29) is 11.8 Å². The summed E-state index contributed by atoms with van der Waals surface area (Å²) in [5.41, 5.74) is 15.8. The molecule has 3 aliphatic carbocycles. The van der Waals surface area contributed by atoms with E-state index in [0.717, 1.165) is 55.2 Å². The van der Waals surface area contributed by atoms with E-state index in [2.05, 4.69) is 60.7 Å². The molecule has 76 heavy (non-hydrogen) atoms. The summed E-state index contributed by atoms with van der Waals surface area (Å²) >= 11 is 0. The van der Waals surface area contributed by atoms with Gasteiger partial charge in [0.1, 0.15) is 11.4 Å². The van der Waals surface area contributed by atoms with Crippen LogP contribution in [0.15, 0.2) is 231 Å². The van der Waals surface area contributed by atoms with Gasteiger partial charge in [-0.2, -0.15) is 0 Å². The Balaban J connectivity index is 0.873. The molecule has 3 aliphatic rings. The summed E-state index contributed by atoms with van der Waals surface area (Å²) in [6.07, 6.45) is 0. The second-order valence-electron chi connectivity index (χ2n) is 19.1. The van der Waals surface area contributed by atoms with Crippen LogP contribution < -0.4 is 0 Å². The van der Waals surface area contributed by atoms with Gasteiger partial charge in [0.25, 0.3) is 0 Å². The molecule has 0 N–H and O–H groups in total. The molecule has 2 bridgehead atoms. The van der Waals surface area contributed by atoms with Gasteiger partial charge in [0, 0.05) is 56.0 Å². The van der Waals surface area contributed by atoms with E-state index in [1.54, 1.807) is 0 Å². The van der Waals surface area contributed by atoms with Crippen molar-refractivity contribution in [3.05, 3.63) is 264 Å². The van der Waals surface area contributed by atoms with Crippen LogP contribution >= 0.6 is 0 Å². The highest BCUT2D eigenvalue weighted by atomic mass is 15.1. The molecule has 13 aromatic rings. The minimum Gasteiger partial charge on any atom is -0.228 e. The maximum absolute atomic E-state index is 5.28. The smallest absolute Gasteiger partial charge is 0.183 e. The van der Waals surface area contributed by atoms with Crippen molar-refractivity contribution in [1.82, 2.24) is 49.8 Å². The molecule has 0 spiro atoms. The van der Waals surface area contributed by atoms with Crippen molar-refractivity contribution in [2.24, 2.45) is 0 Å². The Morgan fingerprint density at radius 3 is 0.868 bits per heavy atom. The van der Waals surface area contributed by atoms with Gasteiger partial charge >= 0.3 is 0 Å². The maximum atomic E-state index is 5.28. The quantitative estimate of drug-likeness (QED) is 0.145. The van der Waals surface area contributed by atoms with Crippen LogP contribution in [0.25, 0.3) is 113 Å². The van der Waals surface area contributed by atoms with Gasteiger partial charge in [0.15, 0.2) is 46.6 Å². The summed E-state index contributed by atoms with van der Waals surface area (Å²) < 4.78 is 0. The van der Waals surface area contributed by atoms with E-state index in [1.807, 2.05) is 170 Å². The predicted octanol–water partition coefficient (Wildman–Crippen LogP) is 14.3. The summed E-state index contributed by atoms with van der Waals surface area (Å²) in [7, 11) is 0. The lowest BCUT2D eigenvalue weighted by Gasteiger charge is -2.42. The highest BCUT2D eigenvalue weighted by Crippen LogP contribution is 2.56. The highest BCUT2D eigenvalue weighted by Gasteiger charge is 2.42. The number of para-hydroxylation sites is 2. The van der Waals surface area contributed by atoms with E-state index in [0.29, 0.717) is 58.0 Å². The van der Waals surface area contributed by atoms with Crippen LogP contribution in [0.5, 0.6) is 0 Å². The Labute approximate surface area is 436 Å². The average Bonchev–Trinajstić information content (AvgIpc) is 3.65. The second kappa shape index (κ2) is 17.7. The fraction of sp³-hybridized carbons (Fsp3) is 0.0303. The van der Waals surface area contributed by atoms with Crippen LogP contribution in [0.2, 0.25) is 0 Å². The van der Waals surface area contributed by atoms with Crippen molar-refractivity contribution < 1.29 is 0 Å². The molecule has 9 aromatic carbocycles. The Morgan fingerprint density at radius 1 is 0.197 bits per heavy atom. The van der Waals surface area contributed by atoms with Crippen molar-refractivity contribution in [2.75, 3.05) is 0 Å².